The van der Waals surface area contributed by atoms with E-state index in [4.69, 9.17) is 4.74 Å². The molecule has 1 heterocycles. The maximum atomic E-state index is 13.0. The number of carbonyl (C=O) groups excluding carboxylic acids is 1. The molecule has 1 N–H and O–H groups in total. The van der Waals surface area contributed by atoms with Crippen LogP contribution in [0.5, 0.6) is 5.75 Å². The van der Waals surface area contributed by atoms with E-state index in [1.54, 1.807) is 19.2 Å². The molecular weight excluding hydrogens is 413 g/mol. The molecule has 0 saturated carbocycles. The van der Waals surface area contributed by atoms with Gasteiger partial charge in [-0.2, -0.15) is 13.2 Å². The number of nitrogens with zero attached hydrogens (tertiary/aromatic N) is 1. The van der Waals surface area contributed by atoms with E-state index in [2.05, 4.69) is 16.3 Å². The number of fused-ring (bicyclic) bond motifs is 1. The summed E-state index contributed by atoms with van der Waals surface area (Å²) >= 11 is -0.128. The Morgan fingerprint density at radius 1 is 1.17 bits per heavy atom. The Bertz CT molecular complexity index is 925. The first-order valence-electron chi connectivity index (χ1n) is 9.89. The van der Waals surface area contributed by atoms with Gasteiger partial charge in [-0.05, 0) is 60.0 Å². The second kappa shape index (κ2) is 8.51. The fourth-order valence-corrected chi connectivity index (χ4v) is 4.72. The lowest BCUT2D eigenvalue weighted by molar-refractivity contribution is -0.0328. The molecule has 1 saturated heterocycles. The van der Waals surface area contributed by atoms with Gasteiger partial charge in [-0.15, -0.1) is 0 Å². The number of hydrogen-bond acceptors (Lipinski definition) is 5. The van der Waals surface area contributed by atoms with Crippen molar-refractivity contribution in [1.29, 1.82) is 0 Å². The van der Waals surface area contributed by atoms with Crippen molar-refractivity contribution in [2.75, 3.05) is 38.2 Å². The minimum absolute atomic E-state index is 0.0731. The van der Waals surface area contributed by atoms with E-state index in [1.807, 2.05) is 6.07 Å². The zero-order chi connectivity index (χ0) is 21.3. The Kier molecular flexibility index (Phi) is 5.97. The van der Waals surface area contributed by atoms with Crippen LogP contribution in [0.1, 0.15) is 21.5 Å². The molecule has 1 atom stereocenters. The molecular formula is C22H23F3N2O2S. The Balaban J connectivity index is 1.50. The van der Waals surface area contributed by atoms with Gasteiger partial charge < -0.3 is 15.0 Å². The van der Waals surface area contributed by atoms with E-state index in [1.165, 1.54) is 12.1 Å². The molecule has 30 heavy (non-hydrogen) atoms. The van der Waals surface area contributed by atoms with E-state index >= 15 is 0 Å². The molecule has 2 aliphatic rings. The van der Waals surface area contributed by atoms with Crippen LogP contribution in [0, 0.1) is 5.92 Å². The highest BCUT2D eigenvalue weighted by molar-refractivity contribution is 8.00. The number of ketones is 1. The van der Waals surface area contributed by atoms with Crippen molar-refractivity contribution >= 4 is 23.2 Å². The first-order valence-corrected chi connectivity index (χ1v) is 10.7. The van der Waals surface area contributed by atoms with E-state index in [0.717, 1.165) is 43.0 Å². The molecule has 1 aliphatic heterocycles. The van der Waals surface area contributed by atoms with Crippen LogP contribution in [0.15, 0.2) is 41.3 Å². The molecule has 4 rings (SSSR count). The van der Waals surface area contributed by atoms with Crippen LogP contribution in [0.2, 0.25) is 0 Å². The number of thioether (sulfide) groups is 1. The second-order valence-corrected chi connectivity index (χ2v) is 8.72. The van der Waals surface area contributed by atoms with Crippen molar-refractivity contribution in [2.45, 2.75) is 23.2 Å². The number of halogens is 3. The highest BCUT2D eigenvalue weighted by Gasteiger charge is 2.33. The van der Waals surface area contributed by atoms with E-state index in [9.17, 15) is 18.0 Å². The largest absolute Gasteiger partial charge is 0.495 e. The molecule has 0 radical (unpaired) electrons. The van der Waals surface area contributed by atoms with Crippen LogP contribution in [-0.4, -0.2) is 44.6 Å². The molecule has 2 aromatic rings. The number of piperazine rings is 1. The molecule has 2 aromatic carbocycles. The summed E-state index contributed by atoms with van der Waals surface area (Å²) < 4.78 is 43.1. The van der Waals surface area contributed by atoms with Gasteiger partial charge in [0.15, 0.2) is 5.78 Å². The zero-order valence-corrected chi connectivity index (χ0v) is 17.4. The molecule has 0 amide bonds. The van der Waals surface area contributed by atoms with E-state index in [-0.39, 0.29) is 28.4 Å². The molecule has 1 fully saturated rings. The third-order valence-electron chi connectivity index (χ3n) is 5.60. The van der Waals surface area contributed by atoms with Crippen molar-refractivity contribution in [1.82, 2.24) is 5.32 Å². The van der Waals surface area contributed by atoms with Gasteiger partial charge in [0.1, 0.15) is 5.75 Å². The molecule has 0 bridgehead atoms. The lowest BCUT2D eigenvalue weighted by Crippen LogP contribution is -2.43. The second-order valence-electron chi connectivity index (χ2n) is 7.58. The molecule has 8 heteroatoms. The maximum absolute atomic E-state index is 13.0. The summed E-state index contributed by atoms with van der Waals surface area (Å²) in [4.78, 5) is 15.4. The fourth-order valence-electron chi connectivity index (χ4n) is 4.18. The van der Waals surface area contributed by atoms with Crippen LogP contribution in [0.4, 0.5) is 18.9 Å². The number of rotatable bonds is 5. The Morgan fingerprint density at radius 3 is 2.50 bits per heavy atom. The van der Waals surface area contributed by atoms with Crippen LogP contribution >= 0.6 is 11.8 Å². The molecule has 160 valence electrons. The van der Waals surface area contributed by atoms with E-state index in [0.29, 0.717) is 24.2 Å². The smallest absolute Gasteiger partial charge is 0.446 e. The van der Waals surface area contributed by atoms with Gasteiger partial charge in [-0.3, -0.25) is 4.79 Å². The van der Waals surface area contributed by atoms with E-state index < -0.39 is 5.51 Å². The third-order valence-corrected chi connectivity index (χ3v) is 6.34. The number of ether oxygens (including phenoxy) is 1. The first-order chi connectivity index (χ1) is 14.3. The molecule has 0 aromatic heterocycles. The summed E-state index contributed by atoms with van der Waals surface area (Å²) in [5, 5.41) is 3.33. The zero-order valence-electron chi connectivity index (χ0n) is 16.6. The quantitative estimate of drug-likeness (QED) is 0.708. The topological polar surface area (TPSA) is 41.6 Å². The highest BCUT2D eigenvalue weighted by atomic mass is 32.2. The van der Waals surface area contributed by atoms with Crippen LogP contribution < -0.4 is 15.0 Å². The number of anilines is 1. The first kappa shape index (κ1) is 21.1. The number of benzene rings is 2. The number of Topliss-reactive ketones (excluding diaryl/α,β-unsaturated/α-hetero) is 1. The van der Waals surface area contributed by atoms with Crippen molar-refractivity contribution in [3.63, 3.8) is 0 Å². The summed E-state index contributed by atoms with van der Waals surface area (Å²) in [5.41, 5.74) is -0.712. The standard InChI is InChI=1S/C22H23F3N2O2S/c1-29-20-13-18-15(12-19(20)27-8-6-26-7-9-27)11-16(21(18)28)10-14-2-4-17(5-3-14)30-22(23,24)25/h2-5,12-13,16,26H,6-11H2,1H3. The Labute approximate surface area is 177 Å². The molecule has 4 nitrogen and oxygen atoms in total. The number of methoxy groups -OCH3 is 1. The Hall–Kier alpha value is -2.19. The average molecular weight is 436 g/mol. The summed E-state index contributed by atoms with van der Waals surface area (Å²) in [6.07, 6.45) is 1.14. The molecule has 1 unspecified atom stereocenters. The lowest BCUT2D eigenvalue weighted by Gasteiger charge is -2.31. The van der Waals surface area contributed by atoms with Crippen LogP contribution in [-0.2, 0) is 12.8 Å². The third kappa shape index (κ3) is 4.59. The minimum Gasteiger partial charge on any atom is -0.495 e. The maximum Gasteiger partial charge on any atom is 0.446 e. The Morgan fingerprint density at radius 2 is 1.87 bits per heavy atom. The normalized spacial score (nSPS) is 19.1. The number of hydrogen-bond donors (Lipinski definition) is 1. The van der Waals surface area contributed by atoms with Crippen molar-refractivity contribution in [3.05, 3.63) is 53.1 Å². The predicted molar refractivity (Wildman–Crippen MR) is 112 cm³/mol. The predicted octanol–water partition coefficient (Wildman–Crippen LogP) is 4.31. The van der Waals surface area contributed by atoms with Gasteiger partial charge in [0.05, 0.1) is 12.8 Å². The summed E-state index contributed by atoms with van der Waals surface area (Å²) in [5.74, 6) is 0.575. The summed E-state index contributed by atoms with van der Waals surface area (Å²) in [6.45, 7) is 3.58. The van der Waals surface area contributed by atoms with Gasteiger partial charge in [0.25, 0.3) is 0 Å². The van der Waals surface area contributed by atoms with Gasteiger partial charge in [-0.25, -0.2) is 0 Å². The monoisotopic (exact) mass is 436 g/mol. The van der Waals surface area contributed by atoms with Crippen LogP contribution in [0.25, 0.3) is 0 Å². The summed E-state index contributed by atoms with van der Waals surface area (Å²) in [7, 11) is 1.62. The number of alkyl halides is 3. The van der Waals surface area contributed by atoms with Gasteiger partial charge in [-0.1, -0.05) is 12.1 Å². The fraction of sp³-hybridized carbons (Fsp3) is 0.409. The minimum atomic E-state index is -4.30. The van der Waals surface area contributed by atoms with Crippen LogP contribution in [0.3, 0.4) is 0 Å². The van der Waals surface area contributed by atoms with Crippen molar-refractivity contribution < 1.29 is 22.7 Å². The van der Waals surface area contributed by atoms with Gasteiger partial charge >= 0.3 is 5.51 Å². The molecule has 1 aliphatic carbocycles. The SMILES string of the molecule is COc1cc2c(cc1N1CCNCC1)CC(Cc1ccc(SC(F)(F)F)cc1)C2=O. The average Bonchev–Trinajstić information content (AvgIpc) is 3.02. The lowest BCUT2D eigenvalue weighted by atomic mass is 9.96. The van der Waals surface area contributed by atoms with Crippen molar-refractivity contribution in [2.24, 2.45) is 5.92 Å². The summed E-state index contributed by atoms with van der Waals surface area (Å²) in [6, 6.07) is 10.2. The van der Waals surface area contributed by atoms with Crippen molar-refractivity contribution in [3.8, 4) is 5.75 Å². The van der Waals surface area contributed by atoms with Gasteiger partial charge in [0.2, 0.25) is 0 Å². The molecule has 0 spiro atoms. The number of nitrogens with one attached hydrogen (secondary N) is 1. The highest BCUT2D eigenvalue weighted by Crippen LogP contribution is 2.39. The number of carbonyl (C=O) groups is 1. The van der Waals surface area contributed by atoms with Gasteiger partial charge in [0, 0.05) is 42.6 Å².